The van der Waals surface area contributed by atoms with Gasteiger partial charge in [-0.2, -0.15) is 0 Å². The van der Waals surface area contributed by atoms with Crippen molar-refractivity contribution in [2.75, 3.05) is 23.3 Å². The van der Waals surface area contributed by atoms with Crippen LogP contribution in [0.4, 0.5) is 11.5 Å². The molecule has 1 atom stereocenters. The second-order valence-electron chi connectivity index (χ2n) is 7.33. The highest BCUT2D eigenvalue weighted by atomic mass is 79.9. The third kappa shape index (κ3) is 4.32. The number of imidazole rings is 1. The number of nitrogens with zero attached hydrogens (tertiary/aromatic N) is 5. The molecule has 0 aliphatic carbocycles. The zero-order valence-electron chi connectivity index (χ0n) is 16.5. The number of carbonyl (C=O) groups excluding carboxylic acids is 1. The van der Waals surface area contributed by atoms with E-state index in [0.717, 1.165) is 52.6 Å². The molecule has 1 N–H and O–H groups in total. The number of aromatic nitrogens is 4. The Morgan fingerprint density at radius 1 is 1.17 bits per heavy atom. The Kier molecular flexibility index (Phi) is 5.62. The summed E-state index contributed by atoms with van der Waals surface area (Å²) in [6.45, 7) is 5.43. The van der Waals surface area contributed by atoms with Gasteiger partial charge in [0.1, 0.15) is 5.82 Å². The summed E-state index contributed by atoms with van der Waals surface area (Å²) >= 11 is 3.46. The summed E-state index contributed by atoms with van der Waals surface area (Å²) in [6, 6.07) is 9.77. The molecular weight excluding hydrogens is 432 g/mol. The van der Waals surface area contributed by atoms with Gasteiger partial charge in [0.15, 0.2) is 11.6 Å². The summed E-state index contributed by atoms with van der Waals surface area (Å²) in [6.07, 6.45) is 5.43. The van der Waals surface area contributed by atoms with Crippen LogP contribution in [0.2, 0.25) is 0 Å². The van der Waals surface area contributed by atoms with E-state index in [0.29, 0.717) is 6.54 Å². The van der Waals surface area contributed by atoms with Gasteiger partial charge in [-0.05, 0) is 62.6 Å². The highest BCUT2D eigenvalue weighted by Crippen LogP contribution is 2.25. The molecule has 0 saturated carbocycles. The fourth-order valence-electron chi connectivity index (χ4n) is 3.64. The first-order valence-corrected chi connectivity index (χ1v) is 10.5. The molecule has 3 heterocycles. The van der Waals surface area contributed by atoms with Crippen LogP contribution in [0.5, 0.6) is 0 Å². The number of amides is 1. The largest absolute Gasteiger partial charge is 0.354 e. The molecule has 1 saturated heterocycles. The fourth-order valence-corrected chi connectivity index (χ4v) is 4.11. The monoisotopic (exact) mass is 454 g/mol. The zero-order valence-corrected chi connectivity index (χ0v) is 18.1. The summed E-state index contributed by atoms with van der Waals surface area (Å²) in [4.78, 5) is 19.2. The Labute approximate surface area is 178 Å². The highest BCUT2D eigenvalue weighted by Gasteiger charge is 2.27. The van der Waals surface area contributed by atoms with E-state index in [4.69, 9.17) is 0 Å². The normalized spacial score (nSPS) is 16.7. The molecule has 7 nitrogen and oxygen atoms in total. The van der Waals surface area contributed by atoms with Crippen molar-refractivity contribution in [3.8, 4) is 5.82 Å². The molecule has 1 aliphatic rings. The standard InChI is InChI=1S/C21H23BrN6O/c1-14-12-17(22)5-6-18(14)24-21(29)16-4-3-10-27(13-16)19-7-8-20(26-25-19)28-11-9-23-15(28)2/h5-9,11-12,16H,3-4,10,13H2,1-2H3,(H,24,29). The van der Waals surface area contributed by atoms with Crippen molar-refractivity contribution in [2.24, 2.45) is 5.92 Å². The number of halogens is 1. The average Bonchev–Trinajstić information content (AvgIpc) is 3.16. The second-order valence-corrected chi connectivity index (χ2v) is 8.24. The van der Waals surface area contributed by atoms with Crippen molar-refractivity contribution in [1.82, 2.24) is 19.7 Å². The minimum absolute atomic E-state index is 0.0544. The first-order chi connectivity index (χ1) is 14.0. The van der Waals surface area contributed by atoms with Gasteiger partial charge in [0.25, 0.3) is 0 Å². The van der Waals surface area contributed by atoms with Crippen molar-refractivity contribution in [3.05, 3.63) is 58.6 Å². The molecule has 4 rings (SSSR count). The molecule has 3 aromatic rings. The van der Waals surface area contributed by atoms with Crippen molar-refractivity contribution in [3.63, 3.8) is 0 Å². The Morgan fingerprint density at radius 2 is 1.97 bits per heavy atom. The lowest BCUT2D eigenvalue weighted by atomic mass is 9.97. The molecular formula is C21H23BrN6O. The number of hydrogen-bond donors (Lipinski definition) is 1. The molecule has 0 spiro atoms. The van der Waals surface area contributed by atoms with Crippen LogP contribution in [-0.2, 0) is 4.79 Å². The Hall–Kier alpha value is -2.74. The molecule has 1 aliphatic heterocycles. The summed E-state index contributed by atoms with van der Waals surface area (Å²) < 4.78 is 2.90. The number of piperidine rings is 1. The number of nitrogens with one attached hydrogen (secondary N) is 1. The Bertz CT molecular complexity index is 1020. The molecule has 2 aromatic heterocycles. The van der Waals surface area contributed by atoms with E-state index in [2.05, 4.69) is 41.3 Å². The van der Waals surface area contributed by atoms with Crippen LogP contribution in [0.1, 0.15) is 24.2 Å². The zero-order chi connectivity index (χ0) is 20.4. The third-order valence-corrected chi connectivity index (χ3v) is 5.76. The van der Waals surface area contributed by atoms with Gasteiger partial charge in [-0.3, -0.25) is 9.36 Å². The van der Waals surface area contributed by atoms with Gasteiger partial charge < -0.3 is 10.2 Å². The number of carbonyl (C=O) groups is 1. The SMILES string of the molecule is Cc1cc(Br)ccc1NC(=O)C1CCCN(c2ccc(-n3ccnc3C)nn2)C1. The highest BCUT2D eigenvalue weighted by molar-refractivity contribution is 9.10. The quantitative estimate of drug-likeness (QED) is 0.646. The van der Waals surface area contributed by atoms with Crippen molar-refractivity contribution in [1.29, 1.82) is 0 Å². The maximum Gasteiger partial charge on any atom is 0.229 e. The van der Waals surface area contributed by atoms with E-state index < -0.39 is 0 Å². The maximum atomic E-state index is 12.8. The number of anilines is 2. The van der Waals surface area contributed by atoms with Gasteiger partial charge >= 0.3 is 0 Å². The summed E-state index contributed by atoms with van der Waals surface area (Å²) in [5.74, 6) is 2.37. The van der Waals surface area contributed by atoms with Crippen LogP contribution >= 0.6 is 15.9 Å². The van der Waals surface area contributed by atoms with E-state index in [1.54, 1.807) is 6.20 Å². The lowest BCUT2D eigenvalue weighted by molar-refractivity contribution is -0.120. The predicted molar refractivity (Wildman–Crippen MR) is 116 cm³/mol. The predicted octanol–water partition coefficient (Wildman–Crippen LogP) is 3.90. The van der Waals surface area contributed by atoms with Crippen molar-refractivity contribution >= 4 is 33.3 Å². The summed E-state index contributed by atoms with van der Waals surface area (Å²) in [5.41, 5.74) is 1.90. The number of hydrogen-bond acceptors (Lipinski definition) is 5. The minimum Gasteiger partial charge on any atom is -0.354 e. The molecule has 0 radical (unpaired) electrons. The van der Waals surface area contributed by atoms with Gasteiger partial charge in [-0.15, -0.1) is 10.2 Å². The lowest BCUT2D eigenvalue weighted by Gasteiger charge is -2.32. The van der Waals surface area contributed by atoms with Crippen LogP contribution in [0, 0.1) is 19.8 Å². The van der Waals surface area contributed by atoms with Crippen LogP contribution < -0.4 is 10.2 Å². The van der Waals surface area contributed by atoms with E-state index >= 15 is 0 Å². The van der Waals surface area contributed by atoms with Gasteiger partial charge in [0.05, 0.1) is 5.92 Å². The molecule has 1 aromatic carbocycles. The van der Waals surface area contributed by atoms with Gasteiger partial charge in [0, 0.05) is 35.6 Å². The number of aryl methyl sites for hydroxylation is 2. The first kappa shape index (κ1) is 19.6. The van der Waals surface area contributed by atoms with Crippen LogP contribution in [0.3, 0.4) is 0 Å². The van der Waals surface area contributed by atoms with E-state index in [1.165, 1.54) is 0 Å². The van der Waals surface area contributed by atoms with E-state index in [9.17, 15) is 4.79 Å². The number of rotatable bonds is 4. The molecule has 0 bridgehead atoms. The maximum absolute atomic E-state index is 12.8. The topological polar surface area (TPSA) is 75.9 Å². The third-order valence-electron chi connectivity index (χ3n) is 5.27. The lowest BCUT2D eigenvalue weighted by Crippen LogP contribution is -2.41. The molecule has 1 amide bonds. The second kappa shape index (κ2) is 8.32. The van der Waals surface area contributed by atoms with Gasteiger partial charge in [-0.25, -0.2) is 4.98 Å². The summed E-state index contributed by atoms with van der Waals surface area (Å²) in [7, 11) is 0. The smallest absolute Gasteiger partial charge is 0.229 e. The number of benzene rings is 1. The summed E-state index contributed by atoms with van der Waals surface area (Å²) in [5, 5.41) is 11.8. The van der Waals surface area contributed by atoms with Gasteiger partial charge in [-0.1, -0.05) is 15.9 Å². The van der Waals surface area contributed by atoms with Crippen molar-refractivity contribution < 1.29 is 4.79 Å². The van der Waals surface area contributed by atoms with Crippen LogP contribution in [0.15, 0.2) is 47.2 Å². The molecule has 29 heavy (non-hydrogen) atoms. The minimum atomic E-state index is -0.0795. The fraction of sp³-hybridized carbons (Fsp3) is 0.333. The average molecular weight is 455 g/mol. The molecule has 8 heteroatoms. The Morgan fingerprint density at radius 3 is 2.66 bits per heavy atom. The van der Waals surface area contributed by atoms with Crippen LogP contribution in [-0.4, -0.2) is 38.7 Å². The van der Waals surface area contributed by atoms with Crippen LogP contribution in [0.25, 0.3) is 5.82 Å². The van der Waals surface area contributed by atoms with Crippen molar-refractivity contribution in [2.45, 2.75) is 26.7 Å². The van der Waals surface area contributed by atoms with E-state index in [-0.39, 0.29) is 11.8 Å². The molecule has 1 unspecified atom stereocenters. The van der Waals surface area contributed by atoms with E-state index in [1.807, 2.05) is 54.9 Å². The molecule has 150 valence electrons. The molecule has 1 fully saturated rings. The van der Waals surface area contributed by atoms with Gasteiger partial charge in [0.2, 0.25) is 5.91 Å². The first-order valence-electron chi connectivity index (χ1n) is 9.67. The Balaban J connectivity index is 1.44.